The summed E-state index contributed by atoms with van der Waals surface area (Å²) in [6, 6.07) is 5.41. The van der Waals surface area contributed by atoms with Crippen LogP contribution >= 0.6 is 0 Å². The molecule has 0 aliphatic heterocycles. The Morgan fingerprint density at radius 1 is 1.47 bits per heavy atom. The highest BCUT2D eigenvalue weighted by molar-refractivity contribution is 5.78. The van der Waals surface area contributed by atoms with Crippen LogP contribution < -0.4 is 10.6 Å². The fourth-order valence-corrected chi connectivity index (χ4v) is 1.60. The molecule has 0 saturated heterocycles. The maximum atomic E-state index is 13.0. The molecule has 2 N–H and O–H groups in total. The molecule has 1 fully saturated rings. The van der Waals surface area contributed by atoms with E-state index in [2.05, 4.69) is 10.6 Å². The summed E-state index contributed by atoms with van der Waals surface area (Å²) in [4.78, 5) is 11.5. The maximum Gasteiger partial charge on any atom is 0.234 e. The molecule has 1 aliphatic carbocycles. The van der Waals surface area contributed by atoms with Gasteiger partial charge in [-0.1, -0.05) is 12.1 Å². The van der Waals surface area contributed by atoms with Crippen molar-refractivity contribution >= 4 is 5.91 Å². The lowest BCUT2D eigenvalue weighted by Crippen LogP contribution is -2.34. The number of aryl methyl sites for hydroxylation is 1. The van der Waals surface area contributed by atoms with Gasteiger partial charge in [0.2, 0.25) is 5.91 Å². The Bertz CT molecular complexity index is 416. The van der Waals surface area contributed by atoms with Gasteiger partial charge in [0.05, 0.1) is 6.54 Å². The van der Waals surface area contributed by atoms with Gasteiger partial charge >= 0.3 is 0 Å². The Morgan fingerprint density at radius 2 is 2.24 bits per heavy atom. The molecule has 0 radical (unpaired) electrons. The van der Waals surface area contributed by atoms with Gasteiger partial charge in [-0.2, -0.15) is 0 Å². The number of carbonyl (C=O) groups excluding carboxylic acids is 1. The van der Waals surface area contributed by atoms with E-state index in [1.165, 1.54) is 18.9 Å². The zero-order valence-corrected chi connectivity index (χ0v) is 9.92. The lowest BCUT2D eigenvalue weighted by molar-refractivity contribution is -0.120. The van der Waals surface area contributed by atoms with E-state index in [1.54, 1.807) is 19.1 Å². The first-order valence-corrected chi connectivity index (χ1v) is 5.90. The number of hydrogen-bond acceptors (Lipinski definition) is 2. The van der Waals surface area contributed by atoms with Crippen molar-refractivity contribution in [1.29, 1.82) is 0 Å². The molecule has 2 rings (SSSR count). The second-order valence-corrected chi connectivity index (χ2v) is 4.52. The molecule has 1 amide bonds. The molecule has 0 spiro atoms. The van der Waals surface area contributed by atoms with Crippen LogP contribution in [0.4, 0.5) is 4.39 Å². The highest BCUT2D eigenvalue weighted by atomic mass is 19.1. The van der Waals surface area contributed by atoms with Gasteiger partial charge in [0.1, 0.15) is 5.82 Å². The first-order valence-electron chi connectivity index (χ1n) is 5.90. The van der Waals surface area contributed by atoms with E-state index in [0.29, 0.717) is 24.7 Å². The number of hydrogen-bond donors (Lipinski definition) is 2. The molecular formula is C13H17FN2O. The van der Waals surface area contributed by atoms with Crippen molar-refractivity contribution in [3.8, 4) is 0 Å². The highest BCUT2D eigenvalue weighted by Crippen LogP contribution is 2.17. The average molecular weight is 236 g/mol. The van der Waals surface area contributed by atoms with Crippen molar-refractivity contribution in [2.45, 2.75) is 32.4 Å². The second-order valence-electron chi connectivity index (χ2n) is 4.52. The fourth-order valence-electron chi connectivity index (χ4n) is 1.60. The summed E-state index contributed by atoms with van der Waals surface area (Å²) in [5.74, 6) is -0.227. The van der Waals surface area contributed by atoms with Crippen LogP contribution in [0.3, 0.4) is 0 Å². The zero-order chi connectivity index (χ0) is 12.3. The summed E-state index contributed by atoms with van der Waals surface area (Å²) in [7, 11) is 0. The summed E-state index contributed by atoms with van der Waals surface area (Å²) in [6.45, 7) is 2.53. The highest BCUT2D eigenvalue weighted by Gasteiger charge is 2.20. The van der Waals surface area contributed by atoms with Gasteiger partial charge in [-0.15, -0.1) is 0 Å². The lowest BCUT2D eigenvalue weighted by Gasteiger charge is -2.07. The fraction of sp³-hybridized carbons (Fsp3) is 0.462. The number of amides is 1. The van der Waals surface area contributed by atoms with Gasteiger partial charge in [0.15, 0.2) is 0 Å². The predicted octanol–water partition coefficient (Wildman–Crippen LogP) is 1.50. The molecule has 1 aromatic rings. The monoisotopic (exact) mass is 236 g/mol. The Labute approximate surface area is 100 Å². The molecule has 17 heavy (non-hydrogen) atoms. The molecule has 1 aromatic carbocycles. The summed E-state index contributed by atoms with van der Waals surface area (Å²) in [5, 5.41) is 5.95. The normalized spacial score (nSPS) is 14.7. The van der Waals surface area contributed by atoms with Crippen molar-refractivity contribution in [2.24, 2.45) is 0 Å². The van der Waals surface area contributed by atoms with Crippen molar-refractivity contribution in [1.82, 2.24) is 10.6 Å². The average Bonchev–Trinajstić information content (AvgIpc) is 3.12. The molecule has 0 bridgehead atoms. The van der Waals surface area contributed by atoms with Crippen LogP contribution in [0.2, 0.25) is 0 Å². The summed E-state index contributed by atoms with van der Waals surface area (Å²) in [6.07, 6.45) is 2.34. The number of benzene rings is 1. The molecule has 1 saturated carbocycles. The minimum Gasteiger partial charge on any atom is -0.351 e. The van der Waals surface area contributed by atoms with Gasteiger partial charge in [0.25, 0.3) is 0 Å². The van der Waals surface area contributed by atoms with E-state index in [9.17, 15) is 9.18 Å². The standard InChI is InChI=1S/C13H17FN2O/c1-9-6-10(2-5-12(9)14)7-16-13(17)8-15-11-3-4-11/h2,5-6,11,15H,3-4,7-8H2,1H3,(H,16,17). The third-order valence-electron chi connectivity index (χ3n) is 2.84. The van der Waals surface area contributed by atoms with E-state index in [-0.39, 0.29) is 11.7 Å². The van der Waals surface area contributed by atoms with Crippen molar-refractivity contribution in [2.75, 3.05) is 6.54 Å². The lowest BCUT2D eigenvalue weighted by atomic mass is 10.1. The first-order chi connectivity index (χ1) is 8.15. The predicted molar refractivity (Wildman–Crippen MR) is 64.0 cm³/mol. The molecule has 92 valence electrons. The third kappa shape index (κ3) is 3.82. The van der Waals surface area contributed by atoms with Crippen LogP contribution in [-0.2, 0) is 11.3 Å². The summed E-state index contributed by atoms with van der Waals surface area (Å²) >= 11 is 0. The smallest absolute Gasteiger partial charge is 0.234 e. The molecule has 3 nitrogen and oxygen atoms in total. The Hall–Kier alpha value is -1.42. The first kappa shape index (κ1) is 12.0. The van der Waals surface area contributed by atoms with Crippen LogP contribution in [0.5, 0.6) is 0 Å². The minimum atomic E-state index is -0.213. The summed E-state index contributed by atoms with van der Waals surface area (Å²) < 4.78 is 13.0. The largest absolute Gasteiger partial charge is 0.351 e. The van der Waals surface area contributed by atoms with Crippen molar-refractivity contribution < 1.29 is 9.18 Å². The number of carbonyl (C=O) groups is 1. The molecule has 0 aromatic heterocycles. The van der Waals surface area contributed by atoms with E-state index in [1.807, 2.05) is 0 Å². The number of halogens is 1. The maximum absolute atomic E-state index is 13.0. The van der Waals surface area contributed by atoms with Crippen molar-refractivity contribution in [3.05, 3.63) is 35.1 Å². The van der Waals surface area contributed by atoms with Gasteiger partial charge < -0.3 is 10.6 Å². The van der Waals surface area contributed by atoms with Crippen LogP contribution in [0, 0.1) is 12.7 Å². The molecular weight excluding hydrogens is 219 g/mol. The summed E-state index contributed by atoms with van der Waals surface area (Å²) in [5.41, 5.74) is 1.52. The number of nitrogens with one attached hydrogen (secondary N) is 2. The van der Waals surface area contributed by atoms with Gasteiger partial charge in [0, 0.05) is 12.6 Å². The minimum absolute atomic E-state index is 0.0149. The van der Waals surface area contributed by atoms with E-state index in [4.69, 9.17) is 0 Å². The molecule has 0 atom stereocenters. The van der Waals surface area contributed by atoms with Crippen LogP contribution in [0.15, 0.2) is 18.2 Å². The zero-order valence-electron chi connectivity index (χ0n) is 9.92. The molecule has 0 heterocycles. The van der Waals surface area contributed by atoms with Gasteiger partial charge in [-0.3, -0.25) is 4.79 Å². The van der Waals surface area contributed by atoms with Crippen LogP contribution in [0.1, 0.15) is 24.0 Å². The van der Waals surface area contributed by atoms with Gasteiger partial charge in [-0.05, 0) is 37.0 Å². The second kappa shape index (κ2) is 5.27. The van der Waals surface area contributed by atoms with Crippen LogP contribution in [-0.4, -0.2) is 18.5 Å². The quantitative estimate of drug-likeness (QED) is 0.813. The third-order valence-corrected chi connectivity index (χ3v) is 2.84. The number of rotatable bonds is 5. The van der Waals surface area contributed by atoms with Gasteiger partial charge in [-0.25, -0.2) is 4.39 Å². The van der Waals surface area contributed by atoms with E-state index in [0.717, 1.165) is 5.56 Å². The Balaban J connectivity index is 1.75. The molecule has 0 unspecified atom stereocenters. The Morgan fingerprint density at radius 3 is 2.88 bits per heavy atom. The Kier molecular flexibility index (Phi) is 3.74. The molecule has 4 heteroatoms. The van der Waals surface area contributed by atoms with Crippen molar-refractivity contribution in [3.63, 3.8) is 0 Å². The SMILES string of the molecule is Cc1cc(CNC(=O)CNC2CC2)ccc1F. The molecule has 1 aliphatic rings. The topological polar surface area (TPSA) is 41.1 Å². The van der Waals surface area contributed by atoms with E-state index < -0.39 is 0 Å². The van der Waals surface area contributed by atoms with Crippen LogP contribution in [0.25, 0.3) is 0 Å². The van der Waals surface area contributed by atoms with E-state index >= 15 is 0 Å².